The lowest BCUT2D eigenvalue weighted by molar-refractivity contribution is 0.0600. The zero-order chi connectivity index (χ0) is 17.8. The number of hydrogen-bond acceptors (Lipinski definition) is 6. The summed E-state index contributed by atoms with van der Waals surface area (Å²) in [5.41, 5.74) is 9.07. The molecule has 2 N–H and O–H groups in total. The Bertz CT molecular complexity index is 888. The smallest absolute Gasteiger partial charge is 0.337 e. The van der Waals surface area contributed by atoms with Crippen LogP contribution in [0.25, 0.3) is 11.3 Å². The molecule has 25 heavy (non-hydrogen) atoms. The summed E-state index contributed by atoms with van der Waals surface area (Å²) in [5.74, 6) is 0.386. The number of thiazole rings is 1. The molecule has 0 radical (unpaired) electrons. The van der Waals surface area contributed by atoms with E-state index in [2.05, 4.69) is 4.98 Å². The predicted molar refractivity (Wildman–Crippen MR) is 98.8 cm³/mol. The van der Waals surface area contributed by atoms with E-state index in [4.69, 9.17) is 15.2 Å². The van der Waals surface area contributed by atoms with E-state index in [1.807, 2.05) is 43.3 Å². The standard InChI is InChI=1S/C19H18N2O3S/c1-12-17(21-19(20)25-12)14-6-8-16(9-7-14)24-11-13-4-3-5-15(10-13)18(22)23-2/h3-10H,11H2,1-2H3,(H2,20,21). The van der Waals surface area contributed by atoms with Crippen molar-refractivity contribution < 1.29 is 14.3 Å². The van der Waals surface area contributed by atoms with Crippen molar-refractivity contribution in [2.75, 3.05) is 12.8 Å². The SMILES string of the molecule is COC(=O)c1cccc(COc2ccc(-c3nc(N)sc3C)cc2)c1. The van der Waals surface area contributed by atoms with Gasteiger partial charge in [-0.25, -0.2) is 9.78 Å². The normalized spacial score (nSPS) is 10.5. The zero-order valence-electron chi connectivity index (χ0n) is 14.0. The first-order valence-corrected chi connectivity index (χ1v) is 8.52. The molecule has 2 aromatic carbocycles. The van der Waals surface area contributed by atoms with Gasteiger partial charge in [-0.3, -0.25) is 0 Å². The van der Waals surface area contributed by atoms with Crippen molar-refractivity contribution in [3.05, 3.63) is 64.5 Å². The minimum absolute atomic E-state index is 0.357. The molecule has 5 nitrogen and oxygen atoms in total. The first kappa shape index (κ1) is 17.0. The summed E-state index contributed by atoms with van der Waals surface area (Å²) >= 11 is 1.48. The van der Waals surface area contributed by atoms with Gasteiger partial charge >= 0.3 is 5.97 Å². The molecule has 0 aliphatic heterocycles. The van der Waals surface area contributed by atoms with E-state index >= 15 is 0 Å². The maximum Gasteiger partial charge on any atom is 0.337 e. The Labute approximate surface area is 150 Å². The second kappa shape index (κ2) is 7.36. The maximum atomic E-state index is 11.6. The van der Waals surface area contributed by atoms with E-state index in [1.54, 1.807) is 12.1 Å². The van der Waals surface area contributed by atoms with Gasteiger partial charge in [-0.15, -0.1) is 11.3 Å². The van der Waals surface area contributed by atoms with E-state index in [0.29, 0.717) is 17.3 Å². The van der Waals surface area contributed by atoms with Crippen molar-refractivity contribution in [1.82, 2.24) is 4.98 Å². The molecular formula is C19H18N2O3S. The van der Waals surface area contributed by atoms with Gasteiger partial charge in [0.1, 0.15) is 12.4 Å². The molecule has 1 heterocycles. The molecule has 0 saturated carbocycles. The molecular weight excluding hydrogens is 336 g/mol. The molecule has 0 aliphatic rings. The number of nitrogens with two attached hydrogens (primary N) is 1. The van der Waals surface area contributed by atoms with E-state index in [-0.39, 0.29) is 5.97 Å². The number of aryl methyl sites for hydroxylation is 1. The van der Waals surface area contributed by atoms with E-state index in [0.717, 1.165) is 27.4 Å². The van der Waals surface area contributed by atoms with E-state index in [1.165, 1.54) is 18.4 Å². The second-order valence-corrected chi connectivity index (χ2v) is 6.70. The van der Waals surface area contributed by atoms with Crippen LogP contribution in [0.2, 0.25) is 0 Å². The number of esters is 1. The molecule has 128 valence electrons. The zero-order valence-corrected chi connectivity index (χ0v) is 14.8. The number of methoxy groups -OCH3 is 1. The van der Waals surface area contributed by atoms with Crippen LogP contribution >= 0.6 is 11.3 Å². The number of ether oxygens (including phenoxy) is 2. The lowest BCUT2D eigenvalue weighted by Crippen LogP contribution is -2.03. The van der Waals surface area contributed by atoms with Crippen molar-refractivity contribution in [1.29, 1.82) is 0 Å². The summed E-state index contributed by atoms with van der Waals surface area (Å²) in [6.07, 6.45) is 0. The molecule has 0 saturated heterocycles. The highest BCUT2D eigenvalue weighted by molar-refractivity contribution is 7.15. The van der Waals surface area contributed by atoms with Crippen LogP contribution in [0.15, 0.2) is 48.5 Å². The third-order valence-electron chi connectivity index (χ3n) is 3.69. The quantitative estimate of drug-likeness (QED) is 0.699. The van der Waals surface area contributed by atoms with Crippen LogP contribution in [-0.4, -0.2) is 18.1 Å². The number of carbonyl (C=O) groups is 1. The fraction of sp³-hybridized carbons (Fsp3) is 0.158. The first-order chi connectivity index (χ1) is 12.1. The average molecular weight is 354 g/mol. The van der Waals surface area contributed by atoms with Crippen LogP contribution in [0.1, 0.15) is 20.8 Å². The topological polar surface area (TPSA) is 74.4 Å². The fourth-order valence-corrected chi connectivity index (χ4v) is 3.18. The van der Waals surface area contributed by atoms with Crippen molar-refractivity contribution in [3.63, 3.8) is 0 Å². The van der Waals surface area contributed by atoms with Gasteiger partial charge in [-0.2, -0.15) is 0 Å². The molecule has 0 aliphatic carbocycles. The highest BCUT2D eigenvalue weighted by Crippen LogP contribution is 2.29. The van der Waals surface area contributed by atoms with Gasteiger partial charge < -0.3 is 15.2 Å². The summed E-state index contributed by atoms with van der Waals surface area (Å²) in [6.45, 7) is 2.37. The molecule has 0 unspecified atom stereocenters. The number of anilines is 1. The third kappa shape index (κ3) is 3.97. The third-order valence-corrected chi connectivity index (χ3v) is 4.49. The highest BCUT2D eigenvalue weighted by atomic mass is 32.1. The van der Waals surface area contributed by atoms with Crippen LogP contribution in [0.3, 0.4) is 0 Å². The molecule has 3 aromatic rings. The molecule has 1 aromatic heterocycles. The van der Waals surface area contributed by atoms with Crippen molar-refractivity contribution in [3.8, 4) is 17.0 Å². The summed E-state index contributed by atoms with van der Waals surface area (Å²) in [5, 5.41) is 0.568. The van der Waals surface area contributed by atoms with Gasteiger partial charge in [0.25, 0.3) is 0 Å². The monoisotopic (exact) mass is 354 g/mol. The molecule has 0 fully saturated rings. The number of nitrogens with zero attached hydrogens (tertiary/aromatic N) is 1. The minimum Gasteiger partial charge on any atom is -0.489 e. The average Bonchev–Trinajstić information content (AvgIpc) is 2.98. The molecule has 0 amide bonds. The molecule has 0 spiro atoms. The number of benzene rings is 2. The second-order valence-electron chi connectivity index (χ2n) is 5.46. The maximum absolute atomic E-state index is 11.6. The summed E-state index contributed by atoms with van der Waals surface area (Å²) < 4.78 is 10.5. The molecule has 3 rings (SSSR count). The minimum atomic E-state index is -0.357. The lowest BCUT2D eigenvalue weighted by atomic mass is 10.1. The van der Waals surface area contributed by atoms with Crippen molar-refractivity contribution >= 4 is 22.4 Å². The Morgan fingerprint density at radius 3 is 2.60 bits per heavy atom. The van der Waals surface area contributed by atoms with Crippen LogP contribution in [-0.2, 0) is 11.3 Å². The summed E-state index contributed by atoms with van der Waals surface area (Å²) in [7, 11) is 1.37. The van der Waals surface area contributed by atoms with E-state index in [9.17, 15) is 4.79 Å². The Morgan fingerprint density at radius 2 is 1.96 bits per heavy atom. The van der Waals surface area contributed by atoms with Gasteiger partial charge in [0.05, 0.1) is 18.4 Å². The fourth-order valence-electron chi connectivity index (χ4n) is 2.47. The van der Waals surface area contributed by atoms with Crippen LogP contribution < -0.4 is 10.5 Å². The number of nitrogen functional groups attached to an aromatic ring is 1. The number of rotatable bonds is 5. The summed E-state index contributed by atoms with van der Waals surface area (Å²) in [6, 6.07) is 14.9. The summed E-state index contributed by atoms with van der Waals surface area (Å²) in [4.78, 5) is 17.0. The Hall–Kier alpha value is -2.86. The van der Waals surface area contributed by atoms with Gasteiger partial charge in [0, 0.05) is 10.4 Å². The Morgan fingerprint density at radius 1 is 1.20 bits per heavy atom. The van der Waals surface area contributed by atoms with Crippen molar-refractivity contribution in [2.45, 2.75) is 13.5 Å². The number of aromatic nitrogens is 1. The lowest BCUT2D eigenvalue weighted by Gasteiger charge is -2.08. The first-order valence-electron chi connectivity index (χ1n) is 7.70. The molecule has 0 bridgehead atoms. The van der Waals surface area contributed by atoms with E-state index < -0.39 is 0 Å². The molecule has 6 heteroatoms. The Kier molecular flexibility index (Phi) is 5.00. The molecule has 0 atom stereocenters. The van der Waals surface area contributed by atoms with Gasteiger partial charge in [0.15, 0.2) is 5.13 Å². The Balaban J connectivity index is 1.68. The van der Waals surface area contributed by atoms with Crippen molar-refractivity contribution in [2.24, 2.45) is 0 Å². The predicted octanol–water partition coefficient (Wildman–Crippen LogP) is 4.07. The van der Waals surface area contributed by atoms with Gasteiger partial charge in [0.2, 0.25) is 0 Å². The van der Waals surface area contributed by atoms with Gasteiger partial charge in [-0.05, 0) is 48.9 Å². The van der Waals surface area contributed by atoms with Crippen LogP contribution in [0.4, 0.5) is 5.13 Å². The van der Waals surface area contributed by atoms with Crippen LogP contribution in [0.5, 0.6) is 5.75 Å². The highest BCUT2D eigenvalue weighted by Gasteiger charge is 2.09. The van der Waals surface area contributed by atoms with Crippen LogP contribution in [0, 0.1) is 6.92 Å². The largest absolute Gasteiger partial charge is 0.489 e. The number of carbonyl (C=O) groups excluding carboxylic acids is 1. The van der Waals surface area contributed by atoms with Gasteiger partial charge in [-0.1, -0.05) is 12.1 Å². The number of hydrogen-bond donors (Lipinski definition) is 1.